The molecule has 4 aromatic rings. The van der Waals surface area contributed by atoms with Crippen LogP contribution in [-0.2, 0) is 9.53 Å². The summed E-state index contributed by atoms with van der Waals surface area (Å²) < 4.78 is 50.0. The van der Waals surface area contributed by atoms with E-state index >= 15 is 0 Å². The van der Waals surface area contributed by atoms with E-state index in [0.29, 0.717) is 18.4 Å². The highest BCUT2D eigenvalue weighted by Gasteiger charge is 2.36. The number of carbonyl (C=O) groups excluding carboxylic acids is 1. The van der Waals surface area contributed by atoms with Crippen molar-refractivity contribution < 1.29 is 32.6 Å². The van der Waals surface area contributed by atoms with E-state index in [1.165, 1.54) is 43.5 Å². The molecule has 0 spiro atoms. The lowest BCUT2D eigenvalue weighted by Crippen LogP contribution is -2.35. The number of carboxylic acids is 1. The van der Waals surface area contributed by atoms with Gasteiger partial charge in [0.15, 0.2) is 11.6 Å². The molecule has 2 unspecified atom stereocenters. The van der Waals surface area contributed by atoms with Gasteiger partial charge in [0, 0.05) is 25.4 Å². The quantitative estimate of drug-likeness (QED) is 0.276. The van der Waals surface area contributed by atoms with Gasteiger partial charge < -0.3 is 19.7 Å². The molecule has 2 heterocycles. The standard InChI is InChI=1S/C29H27F3N4O4/c1-40-26(17-7-10-19(30)11-8-17)27-34-22-13-20(31)21(32)14-23(22)36(27)25(16-5-3-2-4-6-16)28(37)35-24-12-9-18(15-33-24)29(38)39/h7-16,25-26H,2-6H2,1H3,(H,38,39)(H,33,35,37). The number of hydrogen-bond acceptors (Lipinski definition) is 5. The van der Waals surface area contributed by atoms with Crippen molar-refractivity contribution in [2.45, 2.75) is 44.2 Å². The van der Waals surface area contributed by atoms with Gasteiger partial charge in [0.1, 0.15) is 29.6 Å². The third kappa shape index (κ3) is 5.42. The number of halogens is 3. The summed E-state index contributed by atoms with van der Waals surface area (Å²) in [5.74, 6) is -4.05. The predicted octanol–water partition coefficient (Wildman–Crippen LogP) is 6.04. The number of nitrogens with one attached hydrogen (secondary N) is 1. The highest BCUT2D eigenvalue weighted by Crippen LogP contribution is 2.39. The molecule has 0 saturated heterocycles. The number of nitrogens with zero attached hydrogens (tertiary/aromatic N) is 3. The van der Waals surface area contributed by atoms with Crippen LogP contribution in [0.1, 0.15) is 66.0 Å². The molecule has 0 aliphatic heterocycles. The Balaban J connectivity index is 1.66. The van der Waals surface area contributed by atoms with Crippen LogP contribution in [0.25, 0.3) is 11.0 Å². The first-order valence-corrected chi connectivity index (χ1v) is 12.9. The molecule has 11 heteroatoms. The number of amides is 1. The van der Waals surface area contributed by atoms with Gasteiger partial charge in [-0.15, -0.1) is 0 Å². The van der Waals surface area contributed by atoms with E-state index < -0.39 is 41.5 Å². The van der Waals surface area contributed by atoms with Crippen molar-refractivity contribution in [2.24, 2.45) is 5.92 Å². The average Bonchev–Trinajstić information content (AvgIpc) is 3.28. The number of carboxylic acid groups (broad SMARTS) is 1. The summed E-state index contributed by atoms with van der Waals surface area (Å²) in [5, 5.41) is 11.9. The van der Waals surface area contributed by atoms with Crippen molar-refractivity contribution in [3.63, 3.8) is 0 Å². The SMILES string of the molecule is COC(c1ccc(F)cc1)c1nc2cc(F)c(F)cc2n1C(C(=O)Nc1ccc(C(=O)O)cn1)C1CCCCC1. The molecule has 1 saturated carbocycles. The highest BCUT2D eigenvalue weighted by atomic mass is 19.2. The first-order valence-electron chi connectivity index (χ1n) is 12.9. The van der Waals surface area contributed by atoms with Gasteiger partial charge in [-0.3, -0.25) is 4.79 Å². The molecule has 208 valence electrons. The Hall–Kier alpha value is -4.25. The second-order valence-electron chi connectivity index (χ2n) is 9.83. The third-order valence-corrected chi connectivity index (χ3v) is 7.31. The summed E-state index contributed by atoms with van der Waals surface area (Å²) in [7, 11) is 1.43. The lowest BCUT2D eigenvalue weighted by Gasteiger charge is -2.32. The van der Waals surface area contributed by atoms with Crippen LogP contribution < -0.4 is 5.32 Å². The zero-order valence-electron chi connectivity index (χ0n) is 21.6. The number of aromatic carboxylic acids is 1. The number of pyridine rings is 1. The van der Waals surface area contributed by atoms with Crippen LogP contribution in [0.5, 0.6) is 0 Å². The number of hydrogen-bond donors (Lipinski definition) is 2. The molecule has 1 amide bonds. The Bertz CT molecular complexity index is 1530. The number of aromatic nitrogens is 3. The number of rotatable bonds is 8. The van der Waals surface area contributed by atoms with Crippen LogP contribution in [0.4, 0.5) is 19.0 Å². The monoisotopic (exact) mass is 552 g/mol. The maximum atomic E-state index is 14.6. The molecular formula is C29H27F3N4O4. The summed E-state index contributed by atoms with van der Waals surface area (Å²) in [6.07, 6.45) is 4.45. The summed E-state index contributed by atoms with van der Waals surface area (Å²) >= 11 is 0. The molecule has 2 aromatic heterocycles. The van der Waals surface area contributed by atoms with E-state index in [0.717, 1.165) is 37.6 Å². The molecule has 0 bridgehead atoms. The van der Waals surface area contributed by atoms with Crippen molar-refractivity contribution in [3.8, 4) is 0 Å². The third-order valence-electron chi connectivity index (χ3n) is 7.31. The molecule has 8 nitrogen and oxygen atoms in total. The van der Waals surface area contributed by atoms with Crippen LogP contribution in [-0.4, -0.2) is 38.6 Å². The summed E-state index contributed by atoms with van der Waals surface area (Å²) in [5.41, 5.74) is 0.841. The van der Waals surface area contributed by atoms with Crippen LogP contribution in [0.15, 0.2) is 54.7 Å². The van der Waals surface area contributed by atoms with E-state index in [9.17, 15) is 27.9 Å². The van der Waals surface area contributed by atoms with Crippen LogP contribution >= 0.6 is 0 Å². The smallest absolute Gasteiger partial charge is 0.337 e. The van der Waals surface area contributed by atoms with Crippen LogP contribution in [0.3, 0.4) is 0 Å². The lowest BCUT2D eigenvalue weighted by molar-refractivity contribution is -0.121. The van der Waals surface area contributed by atoms with E-state index in [1.807, 2.05) is 0 Å². The van der Waals surface area contributed by atoms with Gasteiger partial charge in [-0.05, 0) is 48.6 Å². The molecular weight excluding hydrogens is 525 g/mol. The Morgan fingerprint density at radius 3 is 2.35 bits per heavy atom. The fourth-order valence-electron chi connectivity index (χ4n) is 5.40. The minimum Gasteiger partial charge on any atom is -0.478 e. The van der Waals surface area contributed by atoms with Gasteiger partial charge >= 0.3 is 5.97 Å². The average molecular weight is 553 g/mol. The van der Waals surface area contributed by atoms with Crippen molar-refractivity contribution in [3.05, 3.63) is 89.1 Å². The van der Waals surface area contributed by atoms with Gasteiger partial charge in [-0.25, -0.2) is 27.9 Å². The van der Waals surface area contributed by atoms with Crippen molar-refractivity contribution in [1.29, 1.82) is 0 Å². The number of methoxy groups -OCH3 is 1. The van der Waals surface area contributed by atoms with Gasteiger partial charge in [-0.2, -0.15) is 0 Å². The lowest BCUT2D eigenvalue weighted by atomic mass is 9.83. The number of benzene rings is 2. The number of imidazole rings is 1. The first kappa shape index (κ1) is 27.3. The highest BCUT2D eigenvalue weighted by molar-refractivity contribution is 5.95. The zero-order chi connectivity index (χ0) is 28.4. The number of fused-ring (bicyclic) bond motifs is 1. The molecule has 1 aliphatic carbocycles. The van der Waals surface area contributed by atoms with E-state index in [-0.39, 0.29) is 34.2 Å². The maximum absolute atomic E-state index is 14.6. The Morgan fingerprint density at radius 1 is 1.02 bits per heavy atom. The molecule has 2 N–H and O–H groups in total. The molecule has 5 rings (SSSR count). The molecule has 2 atom stereocenters. The molecule has 2 aromatic carbocycles. The maximum Gasteiger partial charge on any atom is 0.337 e. The first-order chi connectivity index (χ1) is 19.3. The summed E-state index contributed by atoms with van der Waals surface area (Å²) in [4.78, 5) is 33.9. The van der Waals surface area contributed by atoms with Crippen molar-refractivity contribution in [2.75, 3.05) is 12.4 Å². The fraction of sp³-hybridized carbons (Fsp3) is 0.310. The molecule has 0 radical (unpaired) electrons. The summed E-state index contributed by atoms with van der Waals surface area (Å²) in [6, 6.07) is 9.38. The van der Waals surface area contributed by atoms with E-state index in [2.05, 4.69) is 15.3 Å². The summed E-state index contributed by atoms with van der Waals surface area (Å²) in [6.45, 7) is 0. The van der Waals surface area contributed by atoms with Gasteiger partial charge in [-0.1, -0.05) is 31.4 Å². The number of carbonyl (C=O) groups is 2. The van der Waals surface area contributed by atoms with Crippen LogP contribution in [0, 0.1) is 23.4 Å². The fourth-order valence-corrected chi connectivity index (χ4v) is 5.40. The minimum absolute atomic E-state index is 0.0375. The molecule has 1 aliphatic rings. The molecule has 40 heavy (non-hydrogen) atoms. The van der Waals surface area contributed by atoms with Gasteiger partial charge in [0.25, 0.3) is 0 Å². The van der Waals surface area contributed by atoms with Crippen molar-refractivity contribution >= 4 is 28.7 Å². The van der Waals surface area contributed by atoms with Crippen molar-refractivity contribution in [1.82, 2.24) is 14.5 Å². The Kier molecular flexibility index (Phi) is 7.83. The van der Waals surface area contributed by atoms with Gasteiger partial charge in [0.2, 0.25) is 5.91 Å². The normalized spacial score (nSPS) is 15.6. The topological polar surface area (TPSA) is 106 Å². The Morgan fingerprint density at radius 2 is 1.73 bits per heavy atom. The molecule has 1 fully saturated rings. The minimum atomic E-state index is -1.15. The predicted molar refractivity (Wildman–Crippen MR) is 140 cm³/mol. The van der Waals surface area contributed by atoms with Gasteiger partial charge in [0.05, 0.1) is 16.6 Å². The number of ether oxygens (including phenoxy) is 1. The van der Waals surface area contributed by atoms with E-state index in [1.54, 1.807) is 4.57 Å². The van der Waals surface area contributed by atoms with Crippen LogP contribution in [0.2, 0.25) is 0 Å². The largest absolute Gasteiger partial charge is 0.478 e. The Labute approximate surface area is 227 Å². The zero-order valence-corrected chi connectivity index (χ0v) is 21.6. The second kappa shape index (κ2) is 11.5. The van der Waals surface area contributed by atoms with E-state index in [4.69, 9.17) is 4.74 Å². The number of anilines is 1. The second-order valence-corrected chi connectivity index (χ2v) is 9.83.